The molecule has 1 aromatic heterocycles. The van der Waals surface area contributed by atoms with Gasteiger partial charge in [0.15, 0.2) is 0 Å². The molecule has 1 aromatic carbocycles. The monoisotopic (exact) mass is 287 g/mol. The molecular weight excluding hydrogens is 262 g/mol. The molecule has 0 atom stereocenters. The number of benzene rings is 1. The van der Waals surface area contributed by atoms with Crippen LogP contribution in [0.3, 0.4) is 0 Å². The van der Waals surface area contributed by atoms with Gasteiger partial charge in [-0.3, -0.25) is 4.90 Å². The van der Waals surface area contributed by atoms with Gasteiger partial charge in [0, 0.05) is 43.7 Å². The number of para-hydroxylation sites is 1. The predicted octanol–water partition coefficient (Wildman–Crippen LogP) is 2.42. The molecule has 4 nitrogen and oxygen atoms in total. The van der Waals surface area contributed by atoms with Crippen molar-refractivity contribution in [3.63, 3.8) is 0 Å². The number of nitrogens with zero attached hydrogens (tertiary/aromatic N) is 2. The number of fused-ring (bicyclic) bond motifs is 1. The first-order valence-corrected chi connectivity index (χ1v) is 7.96. The van der Waals surface area contributed by atoms with Crippen LogP contribution >= 0.6 is 0 Å². The predicted molar refractivity (Wildman–Crippen MR) is 86.1 cm³/mol. The molecule has 0 unspecified atom stereocenters. The standard InChI is InChI=1S/C17H25N3O/c1-2-7-19-8-10-20(11-9-19)13-15-14-5-3-4-6-16(14)21-17(15)12-18/h3-6H,2,7-13,18H2,1H3. The molecule has 21 heavy (non-hydrogen) atoms. The lowest BCUT2D eigenvalue weighted by atomic mass is 10.1. The van der Waals surface area contributed by atoms with Crippen molar-refractivity contribution in [3.8, 4) is 0 Å². The maximum Gasteiger partial charge on any atom is 0.134 e. The molecule has 1 saturated heterocycles. The van der Waals surface area contributed by atoms with Gasteiger partial charge in [0.05, 0.1) is 6.54 Å². The molecule has 2 aromatic rings. The third-order valence-electron chi connectivity index (χ3n) is 4.35. The SMILES string of the molecule is CCCN1CCN(Cc2c(CN)oc3ccccc23)CC1. The van der Waals surface area contributed by atoms with Crippen molar-refractivity contribution in [2.45, 2.75) is 26.4 Å². The molecule has 1 aliphatic rings. The van der Waals surface area contributed by atoms with Crippen molar-refractivity contribution >= 4 is 11.0 Å². The van der Waals surface area contributed by atoms with E-state index in [0.717, 1.165) is 31.0 Å². The number of rotatable bonds is 5. The Labute approximate surface area is 126 Å². The molecule has 2 heterocycles. The van der Waals surface area contributed by atoms with Crippen LogP contribution in [-0.4, -0.2) is 42.5 Å². The Kier molecular flexibility index (Phi) is 4.58. The average molecular weight is 287 g/mol. The highest BCUT2D eigenvalue weighted by Gasteiger charge is 2.20. The minimum absolute atomic E-state index is 0.472. The maximum atomic E-state index is 5.89. The van der Waals surface area contributed by atoms with Gasteiger partial charge >= 0.3 is 0 Å². The van der Waals surface area contributed by atoms with Crippen LogP contribution in [0.15, 0.2) is 28.7 Å². The molecule has 3 rings (SSSR count). The van der Waals surface area contributed by atoms with Crippen LogP contribution in [0, 0.1) is 0 Å². The first kappa shape index (κ1) is 14.6. The minimum atomic E-state index is 0.472. The van der Waals surface area contributed by atoms with Crippen LogP contribution in [0.4, 0.5) is 0 Å². The van der Waals surface area contributed by atoms with Crippen molar-refractivity contribution in [1.82, 2.24) is 9.80 Å². The lowest BCUT2D eigenvalue weighted by Gasteiger charge is -2.34. The van der Waals surface area contributed by atoms with E-state index >= 15 is 0 Å². The zero-order valence-corrected chi connectivity index (χ0v) is 12.8. The Morgan fingerprint density at radius 3 is 2.52 bits per heavy atom. The average Bonchev–Trinajstić information content (AvgIpc) is 2.87. The molecule has 0 amide bonds. The van der Waals surface area contributed by atoms with E-state index in [-0.39, 0.29) is 0 Å². The molecule has 2 N–H and O–H groups in total. The number of nitrogens with two attached hydrogens (primary N) is 1. The van der Waals surface area contributed by atoms with Crippen LogP contribution in [0.2, 0.25) is 0 Å². The van der Waals surface area contributed by atoms with Crippen LogP contribution in [0.25, 0.3) is 11.0 Å². The summed E-state index contributed by atoms with van der Waals surface area (Å²) in [5.74, 6) is 0.937. The smallest absolute Gasteiger partial charge is 0.134 e. The third kappa shape index (κ3) is 3.12. The molecular formula is C17H25N3O. The molecule has 0 bridgehead atoms. The van der Waals surface area contributed by atoms with E-state index in [1.165, 1.54) is 37.0 Å². The van der Waals surface area contributed by atoms with Gasteiger partial charge in [-0.25, -0.2) is 0 Å². The first-order chi connectivity index (χ1) is 10.3. The van der Waals surface area contributed by atoms with Gasteiger partial charge in [-0.1, -0.05) is 25.1 Å². The van der Waals surface area contributed by atoms with E-state index < -0.39 is 0 Å². The summed E-state index contributed by atoms with van der Waals surface area (Å²) in [7, 11) is 0. The van der Waals surface area contributed by atoms with Gasteiger partial charge in [0.1, 0.15) is 11.3 Å². The Bertz CT molecular complexity index is 585. The molecule has 0 aliphatic carbocycles. The lowest BCUT2D eigenvalue weighted by molar-refractivity contribution is 0.127. The van der Waals surface area contributed by atoms with E-state index in [9.17, 15) is 0 Å². The Morgan fingerprint density at radius 2 is 1.81 bits per heavy atom. The van der Waals surface area contributed by atoms with Crippen LogP contribution in [0.1, 0.15) is 24.7 Å². The second-order valence-electron chi connectivity index (χ2n) is 5.82. The Balaban J connectivity index is 1.73. The molecule has 114 valence electrons. The van der Waals surface area contributed by atoms with E-state index in [1.54, 1.807) is 0 Å². The van der Waals surface area contributed by atoms with Crippen molar-refractivity contribution < 1.29 is 4.42 Å². The summed E-state index contributed by atoms with van der Waals surface area (Å²) in [6, 6.07) is 8.25. The van der Waals surface area contributed by atoms with Gasteiger partial charge in [0.2, 0.25) is 0 Å². The summed E-state index contributed by atoms with van der Waals surface area (Å²) in [6.45, 7) is 9.48. The number of hydrogen-bond acceptors (Lipinski definition) is 4. The van der Waals surface area contributed by atoms with Crippen LogP contribution in [-0.2, 0) is 13.1 Å². The van der Waals surface area contributed by atoms with E-state index in [2.05, 4.69) is 28.9 Å². The number of furan rings is 1. The van der Waals surface area contributed by atoms with Crippen LogP contribution in [0.5, 0.6) is 0 Å². The summed E-state index contributed by atoms with van der Waals surface area (Å²) in [5, 5.41) is 1.22. The van der Waals surface area contributed by atoms with Crippen molar-refractivity contribution in [2.24, 2.45) is 5.73 Å². The molecule has 4 heteroatoms. The van der Waals surface area contributed by atoms with Gasteiger partial charge in [0.25, 0.3) is 0 Å². The molecule has 1 fully saturated rings. The zero-order valence-electron chi connectivity index (χ0n) is 12.8. The summed E-state index contributed by atoms with van der Waals surface area (Å²) in [4.78, 5) is 5.07. The highest BCUT2D eigenvalue weighted by atomic mass is 16.3. The maximum absolute atomic E-state index is 5.89. The molecule has 1 aliphatic heterocycles. The Morgan fingerprint density at radius 1 is 1.10 bits per heavy atom. The summed E-state index contributed by atoms with van der Waals surface area (Å²) < 4.78 is 5.89. The molecule has 0 spiro atoms. The second kappa shape index (κ2) is 6.60. The van der Waals surface area contributed by atoms with Gasteiger partial charge in [-0.05, 0) is 19.0 Å². The van der Waals surface area contributed by atoms with Crippen molar-refractivity contribution in [1.29, 1.82) is 0 Å². The highest BCUT2D eigenvalue weighted by Crippen LogP contribution is 2.27. The summed E-state index contributed by atoms with van der Waals surface area (Å²) >= 11 is 0. The van der Waals surface area contributed by atoms with E-state index in [4.69, 9.17) is 10.2 Å². The largest absolute Gasteiger partial charge is 0.459 e. The molecule has 0 radical (unpaired) electrons. The van der Waals surface area contributed by atoms with Gasteiger partial charge in [-0.2, -0.15) is 0 Å². The number of piperazine rings is 1. The quantitative estimate of drug-likeness (QED) is 0.917. The van der Waals surface area contributed by atoms with Crippen molar-refractivity contribution in [3.05, 3.63) is 35.6 Å². The van der Waals surface area contributed by atoms with E-state index in [1.807, 2.05) is 12.1 Å². The summed E-state index contributed by atoms with van der Waals surface area (Å²) in [5.41, 5.74) is 8.09. The fraction of sp³-hybridized carbons (Fsp3) is 0.529. The molecule has 0 saturated carbocycles. The lowest BCUT2D eigenvalue weighted by Crippen LogP contribution is -2.46. The van der Waals surface area contributed by atoms with Gasteiger partial charge < -0.3 is 15.1 Å². The minimum Gasteiger partial charge on any atom is -0.459 e. The highest BCUT2D eigenvalue weighted by molar-refractivity contribution is 5.82. The fourth-order valence-electron chi connectivity index (χ4n) is 3.20. The topological polar surface area (TPSA) is 45.6 Å². The second-order valence-corrected chi connectivity index (χ2v) is 5.82. The fourth-order valence-corrected chi connectivity index (χ4v) is 3.20. The Hall–Kier alpha value is -1.36. The van der Waals surface area contributed by atoms with Gasteiger partial charge in [-0.15, -0.1) is 0 Å². The third-order valence-corrected chi connectivity index (χ3v) is 4.35. The number of hydrogen-bond donors (Lipinski definition) is 1. The van der Waals surface area contributed by atoms with Crippen LogP contribution < -0.4 is 5.73 Å². The zero-order chi connectivity index (χ0) is 14.7. The summed E-state index contributed by atoms with van der Waals surface area (Å²) in [6.07, 6.45) is 1.24. The van der Waals surface area contributed by atoms with Crippen molar-refractivity contribution in [2.75, 3.05) is 32.7 Å². The first-order valence-electron chi connectivity index (χ1n) is 7.96. The normalized spacial score (nSPS) is 17.6. The van der Waals surface area contributed by atoms with E-state index in [0.29, 0.717) is 6.54 Å².